The maximum absolute atomic E-state index is 11.7. The van der Waals surface area contributed by atoms with Crippen molar-refractivity contribution in [1.29, 1.82) is 0 Å². The lowest BCUT2D eigenvalue weighted by atomic mass is 10.3. The molecule has 0 aromatic carbocycles. The minimum Gasteiger partial charge on any atom is -0.454 e. The van der Waals surface area contributed by atoms with Crippen LogP contribution in [0.15, 0.2) is 28.1 Å². The molecule has 0 radical (unpaired) electrons. The van der Waals surface area contributed by atoms with Crippen molar-refractivity contribution in [2.45, 2.75) is 18.8 Å². The van der Waals surface area contributed by atoms with Gasteiger partial charge in [0, 0.05) is 11.6 Å². The fourth-order valence-corrected chi connectivity index (χ4v) is 1.95. The van der Waals surface area contributed by atoms with Crippen LogP contribution in [0.1, 0.15) is 33.6 Å². The molecule has 0 spiro atoms. The van der Waals surface area contributed by atoms with E-state index in [1.54, 1.807) is 25.3 Å². The molecule has 0 fully saturated rings. The molecule has 6 heteroatoms. The number of aromatic nitrogens is 1. The molecule has 0 saturated heterocycles. The Labute approximate surface area is 108 Å². The molecule has 1 amide bonds. The van der Waals surface area contributed by atoms with Crippen molar-refractivity contribution in [3.63, 3.8) is 0 Å². The largest absolute Gasteiger partial charge is 0.454 e. The summed E-state index contributed by atoms with van der Waals surface area (Å²) < 4.78 is 5.32. The van der Waals surface area contributed by atoms with E-state index in [-0.39, 0.29) is 17.0 Å². The van der Waals surface area contributed by atoms with Gasteiger partial charge < -0.3 is 9.73 Å². The molecule has 17 heavy (non-hydrogen) atoms. The van der Waals surface area contributed by atoms with E-state index in [1.807, 2.05) is 5.38 Å². The molecule has 4 nitrogen and oxygen atoms in total. The van der Waals surface area contributed by atoms with Gasteiger partial charge in [0.05, 0.1) is 11.9 Å². The van der Waals surface area contributed by atoms with Crippen LogP contribution in [0.2, 0.25) is 0 Å². The topological polar surface area (TPSA) is 55.1 Å². The highest BCUT2D eigenvalue weighted by atomic mass is 35.5. The van der Waals surface area contributed by atoms with Gasteiger partial charge in [-0.05, 0) is 19.1 Å². The average molecular weight is 271 g/mol. The Bertz CT molecular complexity index is 493. The molecule has 0 aliphatic carbocycles. The monoisotopic (exact) mass is 270 g/mol. The summed E-state index contributed by atoms with van der Waals surface area (Å²) in [4.78, 5) is 15.8. The minimum absolute atomic E-state index is 0.240. The zero-order valence-corrected chi connectivity index (χ0v) is 10.7. The average Bonchev–Trinajstić information content (AvgIpc) is 2.96. The molecular formula is C11H11ClN2O2S. The van der Waals surface area contributed by atoms with Gasteiger partial charge in [-0.25, -0.2) is 4.98 Å². The molecule has 0 saturated carbocycles. The van der Waals surface area contributed by atoms with Gasteiger partial charge in [0.25, 0.3) is 5.91 Å². The van der Waals surface area contributed by atoms with Crippen molar-refractivity contribution in [1.82, 2.24) is 10.3 Å². The maximum Gasteiger partial charge on any atom is 0.287 e. The number of amides is 1. The van der Waals surface area contributed by atoms with Crippen LogP contribution >= 0.6 is 22.9 Å². The highest BCUT2D eigenvalue weighted by Crippen LogP contribution is 2.21. The molecule has 90 valence electrons. The molecule has 2 rings (SSSR count). The number of hydrogen-bond acceptors (Lipinski definition) is 4. The summed E-state index contributed by atoms with van der Waals surface area (Å²) in [5.41, 5.74) is 0. The van der Waals surface area contributed by atoms with E-state index in [2.05, 4.69) is 10.3 Å². The predicted molar refractivity (Wildman–Crippen MR) is 66.3 cm³/mol. The van der Waals surface area contributed by atoms with Crippen molar-refractivity contribution in [3.8, 4) is 0 Å². The molecule has 1 N–H and O–H groups in total. The summed E-state index contributed by atoms with van der Waals surface area (Å²) in [6.07, 6.45) is 1.70. The number of carbonyl (C=O) groups is 1. The van der Waals surface area contributed by atoms with E-state index in [0.717, 1.165) is 5.01 Å². The summed E-state index contributed by atoms with van der Waals surface area (Å²) >= 11 is 7.34. The zero-order chi connectivity index (χ0) is 12.3. The highest BCUT2D eigenvalue weighted by molar-refractivity contribution is 7.09. The fourth-order valence-electron chi connectivity index (χ4n) is 1.27. The third kappa shape index (κ3) is 3.08. The van der Waals surface area contributed by atoms with E-state index < -0.39 is 0 Å². The van der Waals surface area contributed by atoms with Crippen molar-refractivity contribution < 1.29 is 9.21 Å². The Kier molecular flexibility index (Phi) is 3.81. The quantitative estimate of drug-likeness (QED) is 0.869. The van der Waals surface area contributed by atoms with Gasteiger partial charge in [0.2, 0.25) is 0 Å². The third-order valence-electron chi connectivity index (χ3n) is 2.13. The second kappa shape index (κ2) is 5.33. The van der Waals surface area contributed by atoms with Gasteiger partial charge in [-0.15, -0.1) is 22.9 Å². The normalized spacial score (nSPS) is 12.4. The molecule has 2 heterocycles. The first-order valence-electron chi connectivity index (χ1n) is 5.07. The highest BCUT2D eigenvalue weighted by Gasteiger charge is 2.13. The first-order chi connectivity index (χ1) is 8.16. The Morgan fingerprint density at radius 3 is 3.06 bits per heavy atom. The van der Waals surface area contributed by atoms with Crippen LogP contribution in [-0.2, 0) is 6.54 Å². The van der Waals surface area contributed by atoms with Gasteiger partial charge in [-0.3, -0.25) is 4.79 Å². The van der Waals surface area contributed by atoms with Crippen molar-refractivity contribution >= 4 is 28.8 Å². The third-order valence-corrected chi connectivity index (χ3v) is 3.12. The Balaban J connectivity index is 1.95. The second-order valence-electron chi connectivity index (χ2n) is 3.43. The number of nitrogens with one attached hydrogen (secondary N) is 1. The number of nitrogens with zero attached hydrogens (tertiary/aromatic N) is 1. The summed E-state index contributed by atoms with van der Waals surface area (Å²) in [7, 11) is 0. The smallest absolute Gasteiger partial charge is 0.287 e. The van der Waals surface area contributed by atoms with Gasteiger partial charge >= 0.3 is 0 Å². The number of carbonyl (C=O) groups excluding carboxylic acids is 1. The van der Waals surface area contributed by atoms with Crippen LogP contribution in [0.4, 0.5) is 0 Å². The SMILES string of the molecule is CC(Cl)c1ccc(C(=O)NCc2nccs2)o1. The molecular weight excluding hydrogens is 260 g/mol. The predicted octanol–water partition coefficient (Wildman–Crippen LogP) is 2.97. The first kappa shape index (κ1) is 12.1. The van der Waals surface area contributed by atoms with Crippen LogP contribution in [0.5, 0.6) is 0 Å². The summed E-state index contributed by atoms with van der Waals surface area (Å²) in [6.45, 7) is 2.20. The molecule has 1 atom stereocenters. The van der Waals surface area contributed by atoms with Gasteiger partial charge in [-0.1, -0.05) is 0 Å². The number of alkyl halides is 1. The molecule has 0 bridgehead atoms. The van der Waals surface area contributed by atoms with E-state index in [4.69, 9.17) is 16.0 Å². The summed E-state index contributed by atoms with van der Waals surface area (Å²) in [5.74, 6) is 0.596. The Hall–Kier alpha value is -1.33. The standard InChI is InChI=1S/C11H11ClN2O2S/c1-7(12)8-2-3-9(16-8)11(15)14-6-10-13-4-5-17-10/h2-5,7H,6H2,1H3,(H,14,15). The Morgan fingerprint density at radius 2 is 2.47 bits per heavy atom. The number of rotatable bonds is 4. The molecule has 2 aromatic rings. The number of hydrogen-bond donors (Lipinski definition) is 1. The number of furan rings is 1. The second-order valence-corrected chi connectivity index (χ2v) is 5.06. The van der Waals surface area contributed by atoms with E-state index in [0.29, 0.717) is 12.3 Å². The van der Waals surface area contributed by atoms with Crippen molar-refractivity contribution in [3.05, 3.63) is 40.2 Å². The van der Waals surface area contributed by atoms with Crippen molar-refractivity contribution in [2.24, 2.45) is 0 Å². The zero-order valence-electron chi connectivity index (χ0n) is 9.14. The van der Waals surface area contributed by atoms with Crippen LogP contribution < -0.4 is 5.32 Å². The number of halogens is 1. The molecule has 2 aromatic heterocycles. The van der Waals surface area contributed by atoms with Gasteiger partial charge in [0.1, 0.15) is 10.8 Å². The minimum atomic E-state index is -0.260. The molecule has 0 aliphatic rings. The van der Waals surface area contributed by atoms with E-state index in [9.17, 15) is 4.79 Å². The van der Waals surface area contributed by atoms with Gasteiger partial charge in [0.15, 0.2) is 5.76 Å². The lowest BCUT2D eigenvalue weighted by molar-refractivity contribution is 0.0921. The lowest BCUT2D eigenvalue weighted by Crippen LogP contribution is -2.22. The number of thiazole rings is 1. The first-order valence-corrected chi connectivity index (χ1v) is 6.39. The summed E-state index contributed by atoms with van der Waals surface area (Å²) in [5, 5.41) is 5.21. The van der Waals surface area contributed by atoms with Crippen LogP contribution in [0.25, 0.3) is 0 Å². The molecule has 0 aliphatic heterocycles. The summed E-state index contributed by atoms with van der Waals surface area (Å²) in [6, 6.07) is 3.32. The molecule has 1 unspecified atom stereocenters. The van der Waals surface area contributed by atoms with Crippen molar-refractivity contribution in [2.75, 3.05) is 0 Å². The lowest BCUT2D eigenvalue weighted by Gasteiger charge is -2.00. The van der Waals surface area contributed by atoms with Crippen LogP contribution in [0.3, 0.4) is 0 Å². The van der Waals surface area contributed by atoms with E-state index >= 15 is 0 Å². The van der Waals surface area contributed by atoms with Crippen LogP contribution in [0, 0.1) is 0 Å². The van der Waals surface area contributed by atoms with E-state index in [1.165, 1.54) is 11.3 Å². The van der Waals surface area contributed by atoms with Gasteiger partial charge in [-0.2, -0.15) is 0 Å². The fraction of sp³-hybridized carbons (Fsp3) is 0.273. The van der Waals surface area contributed by atoms with Crippen LogP contribution in [-0.4, -0.2) is 10.9 Å². The maximum atomic E-state index is 11.7. The Morgan fingerprint density at radius 1 is 1.65 bits per heavy atom.